The van der Waals surface area contributed by atoms with Gasteiger partial charge < -0.3 is 5.32 Å². The molecule has 2 aromatic heterocycles. The van der Waals surface area contributed by atoms with E-state index in [1.165, 1.54) is 24.7 Å². The molecule has 1 aliphatic carbocycles. The second-order valence-corrected chi connectivity index (χ2v) is 6.94. The highest BCUT2D eigenvalue weighted by Gasteiger charge is 2.34. The lowest BCUT2D eigenvalue weighted by molar-refractivity contribution is -0.139. The van der Waals surface area contributed by atoms with Crippen molar-refractivity contribution in [3.63, 3.8) is 0 Å². The molecule has 1 aliphatic rings. The van der Waals surface area contributed by atoms with Crippen LogP contribution < -0.4 is 5.32 Å². The van der Waals surface area contributed by atoms with E-state index in [1.807, 2.05) is 0 Å². The van der Waals surface area contributed by atoms with Crippen LogP contribution in [-0.4, -0.2) is 20.9 Å². The third-order valence-corrected chi connectivity index (χ3v) is 4.95. The molecule has 2 heterocycles. The van der Waals surface area contributed by atoms with Crippen molar-refractivity contribution in [2.45, 2.75) is 31.5 Å². The van der Waals surface area contributed by atoms with Gasteiger partial charge in [0.05, 0.1) is 29.2 Å². The Morgan fingerprint density at radius 2 is 1.97 bits per heavy atom. The van der Waals surface area contributed by atoms with Crippen molar-refractivity contribution in [3.8, 4) is 11.3 Å². The molecule has 0 aliphatic heterocycles. The van der Waals surface area contributed by atoms with Crippen LogP contribution in [0, 0.1) is 5.82 Å². The van der Waals surface area contributed by atoms with E-state index in [0.29, 0.717) is 12.1 Å². The standard InChI is InChI=1S/C21H16F4N4O/c22-15-6-4-13(10-14(15)21(23,24)25)16-7-5-12-2-1-3-17(19(12)28-16)29-20(30)18-11-26-8-9-27-18/h4-11,17H,1-3H2,(H,29,30). The zero-order valence-corrected chi connectivity index (χ0v) is 15.6. The average molecular weight is 416 g/mol. The molecular formula is C21H16F4N4O. The number of halogens is 4. The predicted octanol–water partition coefficient (Wildman–Crippen LogP) is 4.50. The fourth-order valence-electron chi connectivity index (χ4n) is 3.50. The highest BCUT2D eigenvalue weighted by Crippen LogP contribution is 2.35. The van der Waals surface area contributed by atoms with Gasteiger partial charge in [0.2, 0.25) is 0 Å². The maximum Gasteiger partial charge on any atom is 0.419 e. The first-order valence-electron chi connectivity index (χ1n) is 9.27. The molecule has 4 rings (SSSR count). The first-order valence-corrected chi connectivity index (χ1v) is 9.27. The van der Waals surface area contributed by atoms with E-state index in [1.54, 1.807) is 12.1 Å². The second-order valence-electron chi connectivity index (χ2n) is 6.94. The van der Waals surface area contributed by atoms with Crippen LogP contribution in [-0.2, 0) is 12.6 Å². The number of hydrogen-bond acceptors (Lipinski definition) is 4. The molecule has 30 heavy (non-hydrogen) atoms. The van der Waals surface area contributed by atoms with Crippen LogP contribution in [0.25, 0.3) is 11.3 Å². The van der Waals surface area contributed by atoms with Gasteiger partial charge in [0, 0.05) is 18.0 Å². The Kier molecular flexibility index (Phi) is 5.19. The van der Waals surface area contributed by atoms with Crippen LogP contribution >= 0.6 is 0 Å². The summed E-state index contributed by atoms with van der Waals surface area (Å²) in [6.07, 6.45) is 1.62. The quantitative estimate of drug-likeness (QED) is 0.639. The Labute approximate surface area is 169 Å². The number of benzene rings is 1. The van der Waals surface area contributed by atoms with Crippen molar-refractivity contribution < 1.29 is 22.4 Å². The van der Waals surface area contributed by atoms with Crippen molar-refractivity contribution in [1.29, 1.82) is 0 Å². The van der Waals surface area contributed by atoms with Gasteiger partial charge in [-0.1, -0.05) is 6.07 Å². The maximum absolute atomic E-state index is 13.6. The predicted molar refractivity (Wildman–Crippen MR) is 99.8 cm³/mol. The van der Waals surface area contributed by atoms with Gasteiger partial charge in [-0.05, 0) is 49.1 Å². The molecule has 0 saturated heterocycles. The number of aromatic nitrogens is 3. The molecule has 1 N–H and O–H groups in total. The van der Waals surface area contributed by atoms with Crippen molar-refractivity contribution in [3.05, 3.63) is 77.3 Å². The minimum atomic E-state index is -4.80. The maximum atomic E-state index is 13.6. The largest absolute Gasteiger partial charge is 0.419 e. The molecule has 0 spiro atoms. The summed E-state index contributed by atoms with van der Waals surface area (Å²) < 4.78 is 52.8. The smallest absolute Gasteiger partial charge is 0.342 e. The first-order chi connectivity index (χ1) is 14.3. The Balaban J connectivity index is 1.67. The fraction of sp³-hybridized carbons (Fsp3) is 0.238. The number of amides is 1. The third-order valence-electron chi connectivity index (χ3n) is 4.95. The number of nitrogens with one attached hydrogen (secondary N) is 1. The number of rotatable bonds is 3. The third kappa shape index (κ3) is 4.00. The summed E-state index contributed by atoms with van der Waals surface area (Å²) in [5, 5.41) is 2.87. The van der Waals surface area contributed by atoms with E-state index in [-0.39, 0.29) is 17.0 Å². The van der Waals surface area contributed by atoms with Gasteiger partial charge in [0.15, 0.2) is 0 Å². The van der Waals surface area contributed by atoms with Gasteiger partial charge in [-0.3, -0.25) is 14.8 Å². The lowest BCUT2D eigenvalue weighted by Gasteiger charge is -2.26. The molecule has 1 aromatic carbocycles. The Hall–Kier alpha value is -3.36. The summed E-state index contributed by atoms with van der Waals surface area (Å²) in [5.41, 5.74) is 0.749. The number of carbonyl (C=O) groups excluding carboxylic acids is 1. The highest BCUT2D eigenvalue weighted by atomic mass is 19.4. The number of aryl methyl sites for hydroxylation is 1. The van der Waals surface area contributed by atoms with Crippen molar-refractivity contribution >= 4 is 5.91 Å². The Morgan fingerprint density at radius 1 is 1.13 bits per heavy atom. The zero-order valence-electron chi connectivity index (χ0n) is 15.6. The molecular weight excluding hydrogens is 400 g/mol. The summed E-state index contributed by atoms with van der Waals surface area (Å²) in [4.78, 5) is 24.8. The lowest BCUT2D eigenvalue weighted by atomic mass is 9.91. The monoisotopic (exact) mass is 416 g/mol. The molecule has 1 amide bonds. The first kappa shape index (κ1) is 19.9. The Morgan fingerprint density at radius 3 is 2.70 bits per heavy atom. The van der Waals surface area contributed by atoms with Crippen molar-refractivity contribution in [1.82, 2.24) is 20.3 Å². The summed E-state index contributed by atoms with van der Waals surface area (Å²) in [6.45, 7) is 0. The van der Waals surface area contributed by atoms with Crippen LogP contribution in [0.2, 0.25) is 0 Å². The minimum absolute atomic E-state index is 0.149. The highest BCUT2D eigenvalue weighted by molar-refractivity contribution is 5.92. The summed E-state index contributed by atoms with van der Waals surface area (Å²) in [5.74, 6) is -1.74. The van der Waals surface area contributed by atoms with E-state index in [9.17, 15) is 22.4 Å². The lowest BCUT2D eigenvalue weighted by Crippen LogP contribution is -2.32. The van der Waals surface area contributed by atoms with E-state index >= 15 is 0 Å². The van der Waals surface area contributed by atoms with Gasteiger partial charge >= 0.3 is 6.18 Å². The molecule has 3 aromatic rings. The minimum Gasteiger partial charge on any atom is -0.342 e. The van der Waals surface area contributed by atoms with Crippen LogP contribution in [0.1, 0.15) is 46.2 Å². The van der Waals surface area contributed by atoms with Crippen molar-refractivity contribution in [2.24, 2.45) is 0 Å². The molecule has 0 fully saturated rings. The van der Waals surface area contributed by atoms with E-state index in [0.717, 1.165) is 30.5 Å². The molecule has 154 valence electrons. The van der Waals surface area contributed by atoms with Crippen LogP contribution in [0.3, 0.4) is 0 Å². The number of alkyl halides is 3. The van der Waals surface area contributed by atoms with Gasteiger partial charge in [0.25, 0.3) is 5.91 Å². The van der Waals surface area contributed by atoms with E-state index in [4.69, 9.17) is 0 Å². The SMILES string of the molecule is O=C(NC1CCCc2ccc(-c3ccc(F)c(C(F)(F)F)c3)nc21)c1cnccn1. The number of carbonyl (C=O) groups is 1. The fourth-order valence-corrected chi connectivity index (χ4v) is 3.50. The topological polar surface area (TPSA) is 67.8 Å². The van der Waals surface area contributed by atoms with Crippen molar-refractivity contribution in [2.75, 3.05) is 0 Å². The number of hydrogen-bond donors (Lipinski definition) is 1. The molecule has 1 unspecified atom stereocenters. The number of nitrogens with zero attached hydrogens (tertiary/aromatic N) is 3. The van der Waals surface area contributed by atoms with Crippen LogP contribution in [0.15, 0.2) is 48.9 Å². The second kappa shape index (κ2) is 7.81. The van der Waals surface area contributed by atoms with Gasteiger partial charge in [0.1, 0.15) is 11.5 Å². The van der Waals surface area contributed by atoms with E-state index in [2.05, 4.69) is 20.3 Å². The number of pyridine rings is 1. The summed E-state index contributed by atoms with van der Waals surface area (Å²) in [7, 11) is 0. The van der Waals surface area contributed by atoms with Crippen LogP contribution in [0.5, 0.6) is 0 Å². The molecule has 0 saturated carbocycles. The summed E-state index contributed by atoms with van der Waals surface area (Å²) >= 11 is 0. The number of fused-ring (bicyclic) bond motifs is 1. The van der Waals surface area contributed by atoms with Gasteiger partial charge in [-0.2, -0.15) is 13.2 Å². The van der Waals surface area contributed by atoms with Crippen LogP contribution in [0.4, 0.5) is 17.6 Å². The van der Waals surface area contributed by atoms with Gasteiger partial charge in [-0.15, -0.1) is 0 Å². The van der Waals surface area contributed by atoms with Gasteiger partial charge in [-0.25, -0.2) is 9.37 Å². The molecule has 0 radical (unpaired) electrons. The molecule has 9 heteroatoms. The normalized spacial score (nSPS) is 16.1. The molecule has 5 nitrogen and oxygen atoms in total. The molecule has 0 bridgehead atoms. The molecule has 1 atom stereocenters. The zero-order chi connectivity index (χ0) is 21.3. The Bertz CT molecular complexity index is 1090. The summed E-state index contributed by atoms with van der Waals surface area (Å²) in [6, 6.07) is 5.78. The average Bonchev–Trinajstić information content (AvgIpc) is 2.74. The van der Waals surface area contributed by atoms with E-state index < -0.39 is 29.5 Å².